The van der Waals surface area contributed by atoms with E-state index in [9.17, 15) is 4.39 Å². The van der Waals surface area contributed by atoms with Gasteiger partial charge in [-0.15, -0.1) is 0 Å². The fraction of sp³-hybridized carbons (Fsp3) is 0.125. The second-order valence-electron chi connectivity index (χ2n) is 3.90. The molecule has 2 aromatic carbocycles. The van der Waals surface area contributed by atoms with Gasteiger partial charge in [-0.05, 0) is 42.0 Å². The Balaban J connectivity index is 1.94. The minimum atomic E-state index is -0.254. The van der Waals surface area contributed by atoms with E-state index < -0.39 is 0 Å². The zero-order chi connectivity index (χ0) is 13.5. The maximum atomic E-state index is 12.7. The third-order valence-electron chi connectivity index (χ3n) is 2.48. The summed E-state index contributed by atoms with van der Waals surface area (Å²) in [4.78, 5) is 0. The Kier molecular flexibility index (Phi) is 4.54. The van der Waals surface area contributed by atoms with Gasteiger partial charge >= 0.3 is 0 Å². The van der Waals surface area contributed by atoms with E-state index in [1.807, 2.05) is 24.3 Å². The first-order valence-corrected chi connectivity index (χ1v) is 5.85. The third-order valence-corrected chi connectivity index (χ3v) is 2.48. The molecule has 0 atom stereocenters. The summed E-state index contributed by atoms with van der Waals surface area (Å²) in [5, 5.41) is 8.59. The number of aliphatic hydroxyl groups is 1. The fourth-order valence-corrected chi connectivity index (χ4v) is 1.52. The summed E-state index contributed by atoms with van der Waals surface area (Å²) in [6.07, 6.45) is 0. The van der Waals surface area contributed by atoms with Crippen LogP contribution in [0.2, 0.25) is 0 Å². The molecular weight excluding hydrogens is 243 g/mol. The Hall–Kier alpha value is -2.31. The number of halogens is 1. The molecule has 0 fully saturated rings. The summed E-state index contributed by atoms with van der Waals surface area (Å²) in [7, 11) is 0. The number of benzene rings is 2. The molecule has 0 amide bonds. The van der Waals surface area contributed by atoms with Gasteiger partial charge in [0.15, 0.2) is 0 Å². The maximum absolute atomic E-state index is 12.7. The number of hydrogen-bond acceptors (Lipinski definition) is 2. The van der Waals surface area contributed by atoms with Crippen LogP contribution in [0.4, 0.5) is 4.39 Å². The number of ether oxygens (including phenoxy) is 1. The van der Waals surface area contributed by atoms with Crippen LogP contribution < -0.4 is 4.74 Å². The third kappa shape index (κ3) is 4.13. The van der Waals surface area contributed by atoms with Crippen molar-refractivity contribution < 1.29 is 14.2 Å². The van der Waals surface area contributed by atoms with Crippen LogP contribution in [0.1, 0.15) is 11.1 Å². The second kappa shape index (κ2) is 6.58. The van der Waals surface area contributed by atoms with Crippen LogP contribution in [0.15, 0.2) is 48.5 Å². The number of aliphatic hydroxyl groups excluding tert-OH is 1. The molecule has 0 aromatic heterocycles. The zero-order valence-corrected chi connectivity index (χ0v) is 10.3. The van der Waals surface area contributed by atoms with Crippen LogP contribution >= 0.6 is 0 Å². The molecule has 0 radical (unpaired) electrons. The number of hydrogen-bond donors (Lipinski definition) is 1. The van der Waals surface area contributed by atoms with Gasteiger partial charge in [-0.25, -0.2) is 4.39 Å². The minimum Gasteiger partial charge on any atom is -0.489 e. The van der Waals surface area contributed by atoms with Crippen LogP contribution in [0.3, 0.4) is 0 Å². The first kappa shape index (κ1) is 13.1. The molecule has 0 spiro atoms. The topological polar surface area (TPSA) is 29.5 Å². The Morgan fingerprint density at radius 3 is 2.32 bits per heavy atom. The van der Waals surface area contributed by atoms with Crippen LogP contribution in [0.5, 0.6) is 5.75 Å². The van der Waals surface area contributed by atoms with Crippen molar-refractivity contribution in [2.75, 3.05) is 6.61 Å². The van der Waals surface area contributed by atoms with Crippen molar-refractivity contribution in [3.63, 3.8) is 0 Å². The van der Waals surface area contributed by atoms with Gasteiger partial charge in [0, 0.05) is 5.56 Å². The van der Waals surface area contributed by atoms with Crippen molar-refractivity contribution in [2.45, 2.75) is 6.61 Å². The molecule has 96 valence electrons. The summed E-state index contributed by atoms with van der Waals surface area (Å²) in [6.45, 7) is 0.241. The van der Waals surface area contributed by atoms with Crippen molar-refractivity contribution in [3.05, 3.63) is 65.5 Å². The average Bonchev–Trinajstić information content (AvgIpc) is 2.46. The lowest BCUT2D eigenvalue weighted by atomic mass is 10.2. The molecular formula is C16H13FO2. The highest BCUT2D eigenvalue weighted by Crippen LogP contribution is 2.14. The average molecular weight is 256 g/mol. The van der Waals surface area contributed by atoms with Gasteiger partial charge in [0.05, 0.1) is 0 Å². The highest BCUT2D eigenvalue weighted by molar-refractivity contribution is 5.38. The lowest BCUT2D eigenvalue weighted by Gasteiger charge is -2.06. The molecule has 2 aromatic rings. The summed E-state index contributed by atoms with van der Waals surface area (Å²) < 4.78 is 18.3. The molecule has 0 saturated heterocycles. The Morgan fingerprint density at radius 1 is 1.00 bits per heavy atom. The first-order chi connectivity index (χ1) is 9.28. The van der Waals surface area contributed by atoms with Crippen LogP contribution in [0.25, 0.3) is 0 Å². The molecule has 2 rings (SSSR count). The first-order valence-electron chi connectivity index (χ1n) is 5.85. The SMILES string of the molecule is OCC#Cc1ccc(OCc2ccc(F)cc2)cc1. The molecule has 0 unspecified atom stereocenters. The summed E-state index contributed by atoms with van der Waals surface area (Å²) >= 11 is 0. The van der Waals surface area contributed by atoms with Gasteiger partial charge in [-0.3, -0.25) is 0 Å². The van der Waals surface area contributed by atoms with E-state index in [0.717, 1.165) is 16.9 Å². The van der Waals surface area contributed by atoms with E-state index >= 15 is 0 Å². The van der Waals surface area contributed by atoms with E-state index in [2.05, 4.69) is 11.8 Å². The second-order valence-corrected chi connectivity index (χ2v) is 3.90. The van der Waals surface area contributed by atoms with Crippen molar-refractivity contribution in [1.29, 1.82) is 0 Å². The Bertz CT molecular complexity index is 577. The molecule has 2 nitrogen and oxygen atoms in total. The molecule has 0 bridgehead atoms. The Morgan fingerprint density at radius 2 is 1.68 bits per heavy atom. The quantitative estimate of drug-likeness (QED) is 0.856. The van der Waals surface area contributed by atoms with E-state index in [0.29, 0.717) is 6.61 Å². The van der Waals surface area contributed by atoms with Gasteiger partial charge < -0.3 is 9.84 Å². The summed E-state index contributed by atoms with van der Waals surface area (Å²) in [5.74, 6) is 5.85. The van der Waals surface area contributed by atoms with Crippen molar-refractivity contribution in [1.82, 2.24) is 0 Å². The van der Waals surface area contributed by atoms with Gasteiger partial charge in [-0.2, -0.15) is 0 Å². The monoisotopic (exact) mass is 256 g/mol. The zero-order valence-electron chi connectivity index (χ0n) is 10.3. The van der Waals surface area contributed by atoms with E-state index in [4.69, 9.17) is 9.84 Å². The minimum absolute atomic E-state index is 0.150. The van der Waals surface area contributed by atoms with Crippen molar-refractivity contribution >= 4 is 0 Å². The van der Waals surface area contributed by atoms with Gasteiger partial charge in [0.25, 0.3) is 0 Å². The maximum Gasteiger partial charge on any atom is 0.123 e. The summed E-state index contributed by atoms with van der Waals surface area (Å²) in [5.41, 5.74) is 1.73. The molecule has 3 heteroatoms. The fourth-order valence-electron chi connectivity index (χ4n) is 1.52. The molecule has 0 aliphatic carbocycles. The van der Waals surface area contributed by atoms with Crippen LogP contribution in [-0.4, -0.2) is 11.7 Å². The normalized spacial score (nSPS) is 9.58. The van der Waals surface area contributed by atoms with Gasteiger partial charge in [0.1, 0.15) is 24.8 Å². The van der Waals surface area contributed by atoms with E-state index in [-0.39, 0.29) is 12.4 Å². The highest BCUT2D eigenvalue weighted by atomic mass is 19.1. The predicted molar refractivity (Wildman–Crippen MR) is 71.1 cm³/mol. The van der Waals surface area contributed by atoms with Crippen molar-refractivity contribution in [3.8, 4) is 17.6 Å². The van der Waals surface area contributed by atoms with Gasteiger partial charge in [0.2, 0.25) is 0 Å². The molecule has 0 saturated carbocycles. The van der Waals surface area contributed by atoms with Crippen LogP contribution in [0, 0.1) is 17.7 Å². The Labute approximate surface area is 111 Å². The molecule has 0 aliphatic heterocycles. The van der Waals surface area contributed by atoms with E-state index in [1.54, 1.807) is 12.1 Å². The number of rotatable bonds is 3. The smallest absolute Gasteiger partial charge is 0.123 e. The molecule has 1 N–H and O–H groups in total. The van der Waals surface area contributed by atoms with Gasteiger partial charge in [-0.1, -0.05) is 24.0 Å². The highest BCUT2D eigenvalue weighted by Gasteiger charge is 1.97. The molecule has 0 heterocycles. The predicted octanol–water partition coefficient (Wildman–Crippen LogP) is 2.75. The lowest BCUT2D eigenvalue weighted by Crippen LogP contribution is -1.95. The van der Waals surface area contributed by atoms with Crippen LogP contribution in [-0.2, 0) is 6.61 Å². The van der Waals surface area contributed by atoms with Crippen molar-refractivity contribution in [2.24, 2.45) is 0 Å². The molecule has 19 heavy (non-hydrogen) atoms. The molecule has 0 aliphatic rings. The largest absolute Gasteiger partial charge is 0.489 e. The summed E-state index contributed by atoms with van der Waals surface area (Å²) in [6, 6.07) is 13.5. The van der Waals surface area contributed by atoms with E-state index in [1.165, 1.54) is 12.1 Å². The lowest BCUT2D eigenvalue weighted by molar-refractivity contribution is 0.306. The standard InChI is InChI=1S/C16H13FO2/c17-15-7-3-14(4-8-15)12-19-16-9-5-13(6-10-16)2-1-11-18/h3-10,18H,11-12H2.